The third-order valence-corrected chi connectivity index (χ3v) is 2.09. The van der Waals surface area contributed by atoms with Crippen LogP contribution in [-0.2, 0) is 14.3 Å². The van der Waals surface area contributed by atoms with Crippen LogP contribution < -0.4 is 0 Å². The molecule has 13 heavy (non-hydrogen) atoms. The van der Waals surface area contributed by atoms with Gasteiger partial charge in [-0.2, -0.15) is 0 Å². The lowest BCUT2D eigenvalue weighted by Gasteiger charge is -2.24. The Morgan fingerprint density at radius 1 is 1.15 bits per heavy atom. The molecule has 0 heterocycles. The number of ether oxygens (including phenoxy) is 1. The van der Waals surface area contributed by atoms with E-state index in [2.05, 4.69) is 4.74 Å². The van der Waals surface area contributed by atoms with Crippen molar-refractivity contribution in [3.05, 3.63) is 0 Å². The van der Waals surface area contributed by atoms with Crippen molar-refractivity contribution < 1.29 is 24.5 Å². The van der Waals surface area contributed by atoms with Crippen molar-refractivity contribution in [1.82, 2.24) is 0 Å². The van der Waals surface area contributed by atoms with Crippen LogP contribution in [0.25, 0.3) is 0 Å². The highest BCUT2D eigenvalue weighted by molar-refractivity contribution is 6.28. The highest BCUT2D eigenvalue weighted by Crippen LogP contribution is 2.20. The molecule has 0 radical (unpaired) electrons. The summed E-state index contributed by atoms with van der Waals surface area (Å²) in [6.07, 6.45) is 1.54. The van der Waals surface area contributed by atoms with Crippen molar-refractivity contribution >= 4 is 11.9 Å². The van der Waals surface area contributed by atoms with E-state index in [0.717, 1.165) is 0 Å². The van der Waals surface area contributed by atoms with Crippen LogP contribution in [0.5, 0.6) is 0 Å². The number of carboxylic acid groups (broad SMARTS) is 1. The maximum Gasteiger partial charge on any atom is 0.417 e. The molecule has 1 rings (SSSR count). The largest absolute Gasteiger partial charge is 0.473 e. The van der Waals surface area contributed by atoms with Crippen LogP contribution in [0.4, 0.5) is 0 Å². The molecule has 1 fully saturated rings. The predicted octanol–water partition coefficient (Wildman–Crippen LogP) is -0.0823. The zero-order valence-corrected chi connectivity index (χ0v) is 7.10. The average Bonchev–Trinajstić information content (AvgIpc) is 2.08. The summed E-state index contributed by atoms with van der Waals surface area (Å²) in [7, 11) is 0. The van der Waals surface area contributed by atoms with Gasteiger partial charge in [-0.25, -0.2) is 9.59 Å². The predicted molar refractivity (Wildman–Crippen MR) is 42.0 cm³/mol. The molecule has 5 heteroatoms. The Kier molecular flexibility index (Phi) is 3.25. The molecule has 0 unspecified atom stereocenters. The van der Waals surface area contributed by atoms with Crippen LogP contribution in [0, 0.1) is 0 Å². The van der Waals surface area contributed by atoms with Gasteiger partial charge < -0.3 is 14.9 Å². The molecule has 0 aliphatic heterocycles. The number of aliphatic hydroxyl groups is 1. The molecule has 74 valence electrons. The van der Waals surface area contributed by atoms with Crippen LogP contribution in [0.15, 0.2) is 0 Å². The Morgan fingerprint density at radius 2 is 1.69 bits per heavy atom. The molecule has 0 aromatic rings. The molecule has 1 aliphatic rings. The van der Waals surface area contributed by atoms with Crippen LogP contribution in [0.3, 0.4) is 0 Å². The lowest BCUT2D eigenvalue weighted by atomic mass is 9.95. The quantitative estimate of drug-likeness (QED) is 0.444. The normalized spacial score (nSPS) is 28.1. The zero-order chi connectivity index (χ0) is 9.84. The maximum absolute atomic E-state index is 10.6. The minimum Gasteiger partial charge on any atom is -0.473 e. The molecule has 0 saturated heterocycles. The van der Waals surface area contributed by atoms with Crippen LogP contribution in [0.1, 0.15) is 25.7 Å². The van der Waals surface area contributed by atoms with Crippen molar-refractivity contribution in [2.75, 3.05) is 0 Å². The summed E-state index contributed by atoms with van der Waals surface area (Å²) < 4.78 is 4.65. The first-order chi connectivity index (χ1) is 6.09. The number of carbonyl (C=O) groups is 2. The summed E-state index contributed by atoms with van der Waals surface area (Å²) in [5, 5.41) is 17.4. The van der Waals surface area contributed by atoms with Gasteiger partial charge in [0.2, 0.25) is 0 Å². The van der Waals surface area contributed by atoms with E-state index in [9.17, 15) is 9.59 Å². The smallest absolute Gasteiger partial charge is 0.417 e. The van der Waals surface area contributed by atoms with Crippen molar-refractivity contribution in [2.24, 2.45) is 0 Å². The fraction of sp³-hybridized carbons (Fsp3) is 0.750. The van der Waals surface area contributed by atoms with E-state index in [4.69, 9.17) is 10.2 Å². The van der Waals surface area contributed by atoms with Gasteiger partial charge >= 0.3 is 11.9 Å². The second kappa shape index (κ2) is 4.23. The van der Waals surface area contributed by atoms with Crippen molar-refractivity contribution in [3.8, 4) is 0 Å². The molecule has 5 nitrogen and oxygen atoms in total. The minimum atomic E-state index is -1.56. The van der Waals surface area contributed by atoms with Gasteiger partial charge in [0.1, 0.15) is 6.10 Å². The fourth-order valence-corrected chi connectivity index (χ4v) is 1.36. The number of aliphatic carboxylic acids is 1. The first-order valence-corrected chi connectivity index (χ1v) is 4.21. The SMILES string of the molecule is O=C(O)C(=O)OC1CCC(O)CC1. The van der Waals surface area contributed by atoms with Crippen molar-refractivity contribution in [3.63, 3.8) is 0 Å². The molecule has 0 aromatic heterocycles. The Morgan fingerprint density at radius 3 is 2.15 bits per heavy atom. The summed E-state index contributed by atoms with van der Waals surface area (Å²) >= 11 is 0. The van der Waals surface area contributed by atoms with E-state index in [1.807, 2.05) is 0 Å². The molecule has 0 atom stereocenters. The molecule has 2 N–H and O–H groups in total. The summed E-state index contributed by atoms with van der Waals surface area (Å²) in [5.41, 5.74) is 0. The number of esters is 1. The molecule has 0 amide bonds. The van der Waals surface area contributed by atoms with Crippen LogP contribution in [0.2, 0.25) is 0 Å². The summed E-state index contributed by atoms with van der Waals surface area (Å²) in [5.74, 6) is -2.77. The molecule has 0 spiro atoms. The second-order valence-electron chi connectivity index (χ2n) is 3.14. The summed E-state index contributed by atoms with van der Waals surface area (Å²) in [6.45, 7) is 0. The number of aliphatic hydroxyl groups excluding tert-OH is 1. The first-order valence-electron chi connectivity index (χ1n) is 4.21. The molecule has 0 aromatic carbocycles. The van der Waals surface area contributed by atoms with Gasteiger partial charge in [-0.1, -0.05) is 0 Å². The summed E-state index contributed by atoms with van der Waals surface area (Å²) in [4.78, 5) is 20.7. The van der Waals surface area contributed by atoms with Crippen LogP contribution in [-0.4, -0.2) is 34.4 Å². The zero-order valence-electron chi connectivity index (χ0n) is 7.10. The van der Waals surface area contributed by atoms with Crippen LogP contribution >= 0.6 is 0 Å². The lowest BCUT2D eigenvalue weighted by molar-refractivity contribution is -0.168. The van der Waals surface area contributed by atoms with Crippen molar-refractivity contribution in [1.29, 1.82) is 0 Å². The Balaban J connectivity index is 2.30. The highest BCUT2D eigenvalue weighted by Gasteiger charge is 2.24. The number of carboxylic acids is 1. The minimum absolute atomic E-state index is 0.334. The van der Waals surface area contributed by atoms with Gasteiger partial charge in [0.25, 0.3) is 0 Å². The average molecular weight is 188 g/mol. The lowest BCUT2D eigenvalue weighted by Crippen LogP contribution is -2.29. The van der Waals surface area contributed by atoms with E-state index in [-0.39, 0.29) is 12.2 Å². The summed E-state index contributed by atoms with van der Waals surface area (Å²) in [6, 6.07) is 0. The van der Waals surface area contributed by atoms with Gasteiger partial charge in [0, 0.05) is 0 Å². The third-order valence-electron chi connectivity index (χ3n) is 2.09. The van der Waals surface area contributed by atoms with Crippen molar-refractivity contribution in [2.45, 2.75) is 37.9 Å². The van der Waals surface area contributed by atoms with Gasteiger partial charge in [-0.3, -0.25) is 0 Å². The standard InChI is InChI=1S/C8H12O5/c9-5-1-3-6(4-2-5)13-8(12)7(10)11/h5-6,9H,1-4H2,(H,10,11). The van der Waals surface area contributed by atoms with E-state index in [1.54, 1.807) is 0 Å². The molecular weight excluding hydrogens is 176 g/mol. The molecule has 1 aliphatic carbocycles. The van der Waals surface area contributed by atoms with E-state index < -0.39 is 11.9 Å². The third kappa shape index (κ3) is 3.02. The number of carbonyl (C=O) groups excluding carboxylic acids is 1. The van der Waals surface area contributed by atoms with Gasteiger partial charge in [0.15, 0.2) is 0 Å². The highest BCUT2D eigenvalue weighted by atomic mass is 16.6. The molecule has 1 saturated carbocycles. The van der Waals surface area contributed by atoms with Gasteiger partial charge in [-0.15, -0.1) is 0 Å². The number of rotatable bonds is 1. The topological polar surface area (TPSA) is 83.8 Å². The maximum atomic E-state index is 10.6. The van der Waals surface area contributed by atoms with E-state index in [1.165, 1.54) is 0 Å². The second-order valence-corrected chi connectivity index (χ2v) is 3.14. The number of hydrogen-bond donors (Lipinski definition) is 2. The fourth-order valence-electron chi connectivity index (χ4n) is 1.36. The van der Waals surface area contributed by atoms with E-state index in [0.29, 0.717) is 25.7 Å². The number of hydrogen-bond acceptors (Lipinski definition) is 4. The molecular formula is C8H12O5. The molecule has 0 bridgehead atoms. The monoisotopic (exact) mass is 188 g/mol. The van der Waals surface area contributed by atoms with Gasteiger partial charge in [0.05, 0.1) is 6.10 Å². The van der Waals surface area contributed by atoms with Gasteiger partial charge in [-0.05, 0) is 25.7 Å². The van der Waals surface area contributed by atoms with E-state index >= 15 is 0 Å². The Hall–Kier alpha value is -1.10. The Bertz CT molecular complexity index is 205. The first kappa shape index (κ1) is 9.98. The Labute approximate surface area is 75.3 Å².